The molecule has 1 fully saturated rings. The Labute approximate surface area is 174 Å². The van der Waals surface area contributed by atoms with Gasteiger partial charge in [-0.3, -0.25) is 14.6 Å². The Balaban J connectivity index is 1.40. The number of benzene rings is 1. The molecule has 0 atom stereocenters. The number of ether oxygens (including phenoxy) is 1. The fourth-order valence-electron chi connectivity index (χ4n) is 4.33. The van der Waals surface area contributed by atoms with Crippen molar-refractivity contribution in [1.29, 1.82) is 0 Å². The quantitative estimate of drug-likeness (QED) is 0.665. The maximum Gasteiger partial charge on any atom is 0.274 e. The van der Waals surface area contributed by atoms with Crippen molar-refractivity contribution in [2.75, 3.05) is 37.7 Å². The molecule has 1 amide bonds. The smallest absolute Gasteiger partial charge is 0.274 e. The molecule has 0 spiro atoms. The summed E-state index contributed by atoms with van der Waals surface area (Å²) in [5.74, 6) is -0.0648. The fourth-order valence-corrected chi connectivity index (χ4v) is 4.33. The first-order chi connectivity index (χ1) is 14.6. The zero-order valence-electron chi connectivity index (χ0n) is 17.0. The number of carbonyl (C=O) groups excluding carboxylic acids is 1. The van der Waals surface area contributed by atoms with Crippen LogP contribution in [-0.4, -0.2) is 53.2 Å². The molecular formula is C23H24N4O3. The average Bonchev–Trinajstić information content (AvgIpc) is 3.08. The summed E-state index contributed by atoms with van der Waals surface area (Å²) in [6.07, 6.45) is 2.47. The number of fused-ring (bicyclic) bond motifs is 2. The van der Waals surface area contributed by atoms with Gasteiger partial charge in [0.15, 0.2) is 0 Å². The van der Waals surface area contributed by atoms with Crippen LogP contribution in [0.2, 0.25) is 0 Å². The van der Waals surface area contributed by atoms with E-state index in [4.69, 9.17) is 9.72 Å². The molecule has 0 radical (unpaired) electrons. The van der Waals surface area contributed by atoms with Crippen molar-refractivity contribution in [1.82, 2.24) is 14.5 Å². The monoisotopic (exact) mass is 404 g/mol. The summed E-state index contributed by atoms with van der Waals surface area (Å²) in [6.45, 7) is 3.48. The predicted molar refractivity (Wildman–Crippen MR) is 115 cm³/mol. The number of para-hydroxylation sites is 1. The lowest BCUT2D eigenvalue weighted by Gasteiger charge is -2.29. The summed E-state index contributed by atoms with van der Waals surface area (Å²) >= 11 is 0. The van der Waals surface area contributed by atoms with Crippen LogP contribution >= 0.6 is 0 Å². The van der Waals surface area contributed by atoms with E-state index in [1.165, 1.54) is 0 Å². The van der Waals surface area contributed by atoms with Crippen LogP contribution in [0.4, 0.5) is 5.69 Å². The van der Waals surface area contributed by atoms with Gasteiger partial charge in [0.25, 0.3) is 11.5 Å². The summed E-state index contributed by atoms with van der Waals surface area (Å²) in [5.41, 5.74) is 3.79. The Morgan fingerprint density at radius 3 is 2.70 bits per heavy atom. The van der Waals surface area contributed by atoms with Crippen LogP contribution in [-0.2, 0) is 24.8 Å². The lowest BCUT2D eigenvalue weighted by molar-refractivity contribution is 0.0779. The minimum absolute atomic E-state index is 0.0648. The van der Waals surface area contributed by atoms with Crippen LogP contribution in [0.15, 0.2) is 47.4 Å². The lowest BCUT2D eigenvalue weighted by atomic mass is 10.1. The van der Waals surface area contributed by atoms with E-state index < -0.39 is 0 Å². The molecule has 2 aliphatic heterocycles. The second-order valence-corrected chi connectivity index (χ2v) is 7.87. The van der Waals surface area contributed by atoms with Crippen LogP contribution in [0.1, 0.15) is 21.6 Å². The maximum absolute atomic E-state index is 13.3. The van der Waals surface area contributed by atoms with Gasteiger partial charge in [-0.1, -0.05) is 24.3 Å². The van der Waals surface area contributed by atoms with Crippen molar-refractivity contribution in [2.24, 2.45) is 7.05 Å². The van der Waals surface area contributed by atoms with Gasteiger partial charge in [0.1, 0.15) is 5.69 Å². The predicted octanol–water partition coefficient (Wildman–Crippen LogP) is 1.97. The summed E-state index contributed by atoms with van der Waals surface area (Å²) in [6, 6.07) is 12.1. The SMILES string of the molecule is Cn1cc2c(c(N3CCOCC3)c1=O)C(=O)N(CCc1ccc3ccccc3n1)C2. The van der Waals surface area contributed by atoms with Gasteiger partial charge in [-0.05, 0) is 12.1 Å². The van der Waals surface area contributed by atoms with Crippen LogP contribution in [0.3, 0.4) is 0 Å². The van der Waals surface area contributed by atoms with Crippen LogP contribution in [0, 0.1) is 0 Å². The number of pyridine rings is 2. The minimum Gasteiger partial charge on any atom is -0.378 e. The van der Waals surface area contributed by atoms with Gasteiger partial charge in [0.2, 0.25) is 0 Å². The molecule has 0 saturated carbocycles. The zero-order chi connectivity index (χ0) is 20.7. The number of aryl methyl sites for hydroxylation is 1. The third kappa shape index (κ3) is 3.25. The number of amides is 1. The summed E-state index contributed by atoms with van der Waals surface area (Å²) < 4.78 is 7.01. The number of hydrogen-bond donors (Lipinski definition) is 0. The molecular weight excluding hydrogens is 380 g/mol. The number of aromatic nitrogens is 2. The molecule has 0 N–H and O–H groups in total. The van der Waals surface area contributed by atoms with E-state index in [9.17, 15) is 9.59 Å². The molecule has 154 valence electrons. The van der Waals surface area contributed by atoms with Gasteiger partial charge in [-0.15, -0.1) is 0 Å². The van der Waals surface area contributed by atoms with Crippen molar-refractivity contribution in [3.8, 4) is 0 Å². The third-order valence-electron chi connectivity index (χ3n) is 5.91. The molecule has 7 heteroatoms. The Morgan fingerprint density at radius 1 is 1.07 bits per heavy atom. The third-order valence-corrected chi connectivity index (χ3v) is 5.91. The molecule has 0 aliphatic carbocycles. The first-order valence-corrected chi connectivity index (χ1v) is 10.3. The average molecular weight is 404 g/mol. The van der Waals surface area contributed by atoms with E-state index in [1.807, 2.05) is 40.1 Å². The standard InChI is InChI=1S/C23H24N4O3/c1-25-14-17-15-27(9-8-18-7-6-16-4-2-3-5-19(16)24-18)22(28)20(17)21(23(25)29)26-10-12-30-13-11-26/h2-7,14H,8-13,15H2,1H3. The molecule has 2 aliphatic rings. The van der Waals surface area contributed by atoms with E-state index in [0.29, 0.717) is 57.1 Å². The molecule has 1 aromatic carbocycles. The van der Waals surface area contributed by atoms with Gasteiger partial charge in [0.05, 0.1) is 24.3 Å². The Kier molecular flexibility index (Phi) is 4.75. The molecule has 30 heavy (non-hydrogen) atoms. The molecule has 5 rings (SSSR count). The van der Waals surface area contributed by atoms with E-state index in [2.05, 4.69) is 6.07 Å². The minimum atomic E-state index is -0.123. The van der Waals surface area contributed by atoms with E-state index in [0.717, 1.165) is 22.2 Å². The van der Waals surface area contributed by atoms with Gasteiger partial charge in [0, 0.05) is 62.5 Å². The number of rotatable bonds is 4. The zero-order valence-corrected chi connectivity index (χ0v) is 17.0. The first-order valence-electron chi connectivity index (χ1n) is 10.3. The molecule has 7 nitrogen and oxygen atoms in total. The Bertz CT molecular complexity index is 1180. The molecule has 0 unspecified atom stereocenters. The summed E-state index contributed by atoms with van der Waals surface area (Å²) in [4.78, 5) is 34.7. The molecule has 4 heterocycles. The highest BCUT2D eigenvalue weighted by Crippen LogP contribution is 2.29. The van der Waals surface area contributed by atoms with E-state index >= 15 is 0 Å². The van der Waals surface area contributed by atoms with Crippen molar-refractivity contribution < 1.29 is 9.53 Å². The Hall–Kier alpha value is -3.19. The lowest BCUT2D eigenvalue weighted by Crippen LogP contribution is -2.41. The normalized spacial score (nSPS) is 16.4. The van der Waals surface area contributed by atoms with Gasteiger partial charge in [-0.25, -0.2) is 0 Å². The topological polar surface area (TPSA) is 67.7 Å². The second kappa shape index (κ2) is 7.57. The molecule has 0 bridgehead atoms. The number of nitrogens with zero attached hydrogens (tertiary/aromatic N) is 4. The van der Waals surface area contributed by atoms with E-state index in [-0.39, 0.29) is 11.5 Å². The van der Waals surface area contributed by atoms with Crippen molar-refractivity contribution >= 4 is 22.5 Å². The van der Waals surface area contributed by atoms with Crippen molar-refractivity contribution in [3.05, 3.63) is 69.8 Å². The van der Waals surface area contributed by atoms with Gasteiger partial charge < -0.3 is 19.1 Å². The molecule has 2 aromatic heterocycles. The van der Waals surface area contributed by atoms with Gasteiger partial charge >= 0.3 is 0 Å². The van der Waals surface area contributed by atoms with Crippen LogP contribution in [0.25, 0.3) is 10.9 Å². The number of morpholine rings is 1. The highest BCUT2D eigenvalue weighted by atomic mass is 16.5. The van der Waals surface area contributed by atoms with E-state index in [1.54, 1.807) is 17.8 Å². The second-order valence-electron chi connectivity index (χ2n) is 7.87. The molecule has 1 saturated heterocycles. The number of anilines is 1. The number of hydrogen-bond acceptors (Lipinski definition) is 5. The summed E-state index contributed by atoms with van der Waals surface area (Å²) in [7, 11) is 1.75. The first kappa shape index (κ1) is 18.8. The van der Waals surface area contributed by atoms with Crippen LogP contribution < -0.4 is 10.5 Å². The molecule has 3 aromatic rings. The number of carbonyl (C=O) groups is 1. The highest BCUT2D eigenvalue weighted by Gasteiger charge is 2.34. The maximum atomic E-state index is 13.3. The van der Waals surface area contributed by atoms with Crippen molar-refractivity contribution in [3.63, 3.8) is 0 Å². The Morgan fingerprint density at radius 2 is 1.87 bits per heavy atom. The fraction of sp³-hybridized carbons (Fsp3) is 0.348. The highest BCUT2D eigenvalue weighted by molar-refractivity contribution is 6.03. The summed E-state index contributed by atoms with van der Waals surface area (Å²) in [5, 5.41) is 1.11. The largest absolute Gasteiger partial charge is 0.378 e. The van der Waals surface area contributed by atoms with Gasteiger partial charge in [-0.2, -0.15) is 0 Å². The van der Waals surface area contributed by atoms with Crippen molar-refractivity contribution in [2.45, 2.75) is 13.0 Å². The van der Waals surface area contributed by atoms with Crippen LogP contribution in [0.5, 0.6) is 0 Å².